The number of rotatable bonds is 3. The molecule has 27 heavy (non-hydrogen) atoms. The van der Waals surface area contributed by atoms with Crippen molar-refractivity contribution in [1.82, 2.24) is 4.90 Å². The van der Waals surface area contributed by atoms with Crippen molar-refractivity contribution in [2.45, 2.75) is 31.8 Å². The van der Waals surface area contributed by atoms with Crippen molar-refractivity contribution in [2.75, 3.05) is 27.9 Å². The van der Waals surface area contributed by atoms with Crippen molar-refractivity contribution < 1.29 is 24.4 Å². The van der Waals surface area contributed by atoms with Gasteiger partial charge in [0, 0.05) is 24.2 Å². The van der Waals surface area contributed by atoms with Crippen LogP contribution in [0.2, 0.25) is 0 Å². The van der Waals surface area contributed by atoms with Gasteiger partial charge >= 0.3 is 0 Å². The predicted molar refractivity (Wildman–Crippen MR) is 101 cm³/mol. The highest BCUT2D eigenvalue weighted by molar-refractivity contribution is 5.61. The zero-order valence-corrected chi connectivity index (χ0v) is 16.1. The van der Waals surface area contributed by atoms with Crippen molar-refractivity contribution in [2.24, 2.45) is 0 Å². The lowest BCUT2D eigenvalue weighted by Gasteiger charge is -2.46. The number of hydrogen-bond donors (Lipinski definition) is 2. The standard InChI is InChI=1S/C21H25NO5/c1-11-19-13(9-18(25-2)20(26-3)21(19)27-4)7-15-14-10-17(24)16(23)8-12(14)5-6-22(11)15/h8-11,15,23-24H,5-7H2,1-4H3/t11-,15-/m1/s1. The molecule has 0 bridgehead atoms. The molecule has 144 valence electrons. The van der Waals surface area contributed by atoms with Crippen molar-refractivity contribution in [1.29, 1.82) is 0 Å². The molecule has 6 nitrogen and oxygen atoms in total. The summed E-state index contributed by atoms with van der Waals surface area (Å²) < 4.78 is 16.8. The lowest BCUT2D eigenvalue weighted by Crippen LogP contribution is -2.41. The summed E-state index contributed by atoms with van der Waals surface area (Å²) in [5.74, 6) is 1.86. The topological polar surface area (TPSA) is 71.4 Å². The molecule has 4 rings (SSSR count). The Balaban J connectivity index is 1.87. The van der Waals surface area contributed by atoms with Crippen LogP contribution in [0.1, 0.15) is 41.3 Å². The molecule has 2 aliphatic rings. The molecule has 2 heterocycles. The van der Waals surface area contributed by atoms with Gasteiger partial charge < -0.3 is 24.4 Å². The molecule has 0 saturated heterocycles. The van der Waals surface area contributed by atoms with Gasteiger partial charge in [0.1, 0.15) is 0 Å². The van der Waals surface area contributed by atoms with E-state index in [9.17, 15) is 10.2 Å². The van der Waals surface area contributed by atoms with Gasteiger partial charge in [-0.2, -0.15) is 0 Å². The zero-order valence-electron chi connectivity index (χ0n) is 16.1. The Kier molecular flexibility index (Phi) is 4.30. The molecule has 0 spiro atoms. The van der Waals surface area contributed by atoms with E-state index in [-0.39, 0.29) is 23.6 Å². The van der Waals surface area contributed by atoms with E-state index < -0.39 is 0 Å². The largest absolute Gasteiger partial charge is 0.504 e. The summed E-state index contributed by atoms with van der Waals surface area (Å²) in [5, 5.41) is 19.9. The Morgan fingerprint density at radius 1 is 0.926 bits per heavy atom. The van der Waals surface area contributed by atoms with E-state index in [4.69, 9.17) is 14.2 Å². The molecule has 2 N–H and O–H groups in total. The van der Waals surface area contributed by atoms with Crippen molar-refractivity contribution in [3.05, 3.63) is 40.5 Å². The van der Waals surface area contributed by atoms with Crippen LogP contribution < -0.4 is 14.2 Å². The van der Waals surface area contributed by atoms with Crippen LogP contribution in [-0.2, 0) is 12.8 Å². The second-order valence-electron chi connectivity index (χ2n) is 7.14. The lowest BCUT2D eigenvalue weighted by atomic mass is 9.80. The number of ether oxygens (including phenoxy) is 3. The van der Waals surface area contributed by atoms with E-state index in [1.54, 1.807) is 33.5 Å². The van der Waals surface area contributed by atoms with Crippen LogP contribution in [0.15, 0.2) is 18.2 Å². The molecular weight excluding hydrogens is 346 g/mol. The SMILES string of the molecule is COc1cc2c(c(OC)c1OC)[C@@H](C)N1CCc3cc(O)c(O)cc3[C@H]1C2. The third-order valence-electron chi connectivity index (χ3n) is 5.92. The maximum absolute atomic E-state index is 10.0. The first-order valence-electron chi connectivity index (χ1n) is 9.12. The molecule has 2 aromatic rings. The van der Waals surface area contributed by atoms with E-state index >= 15 is 0 Å². The van der Waals surface area contributed by atoms with Gasteiger partial charge in [0.2, 0.25) is 5.75 Å². The Morgan fingerprint density at radius 2 is 1.63 bits per heavy atom. The minimum atomic E-state index is -0.0704. The number of benzene rings is 2. The van der Waals surface area contributed by atoms with Crippen LogP contribution in [0.3, 0.4) is 0 Å². The highest BCUT2D eigenvalue weighted by Gasteiger charge is 2.39. The first-order chi connectivity index (χ1) is 13.0. The first kappa shape index (κ1) is 17.8. The molecule has 0 amide bonds. The van der Waals surface area contributed by atoms with Crippen LogP contribution in [-0.4, -0.2) is 43.0 Å². The number of fused-ring (bicyclic) bond motifs is 4. The average molecular weight is 371 g/mol. The minimum Gasteiger partial charge on any atom is -0.504 e. The fraction of sp³-hybridized carbons (Fsp3) is 0.429. The summed E-state index contributed by atoms with van der Waals surface area (Å²) >= 11 is 0. The quantitative estimate of drug-likeness (QED) is 0.807. The van der Waals surface area contributed by atoms with Crippen molar-refractivity contribution in [3.63, 3.8) is 0 Å². The van der Waals surface area contributed by atoms with Crippen molar-refractivity contribution in [3.8, 4) is 28.7 Å². The van der Waals surface area contributed by atoms with E-state index in [1.807, 2.05) is 6.07 Å². The van der Waals surface area contributed by atoms with Crippen LogP contribution in [0.4, 0.5) is 0 Å². The predicted octanol–water partition coefficient (Wildman–Crippen LogP) is 3.34. The van der Waals surface area contributed by atoms with Gasteiger partial charge in [-0.15, -0.1) is 0 Å². The van der Waals surface area contributed by atoms with E-state index in [2.05, 4.69) is 11.8 Å². The molecule has 0 saturated carbocycles. The number of phenols is 2. The van der Waals surface area contributed by atoms with Crippen LogP contribution in [0, 0.1) is 0 Å². The Hall–Kier alpha value is -2.60. The molecule has 2 aromatic carbocycles. The Bertz CT molecular complexity index is 895. The summed E-state index contributed by atoms with van der Waals surface area (Å²) in [6.45, 7) is 3.05. The van der Waals surface area contributed by atoms with Crippen molar-refractivity contribution >= 4 is 0 Å². The molecule has 6 heteroatoms. The summed E-state index contributed by atoms with van der Waals surface area (Å²) in [5.41, 5.74) is 4.44. The van der Waals surface area contributed by atoms with Gasteiger partial charge in [0.15, 0.2) is 23.0 Å². The van der Waals surface area contributed by atoms with Gasteiger partial charge in [-0.05, 0) is 54.7 Å². The molecule has 0 radical (unpaired) electrons. The fourth-order valence-electron chi connectivity index (χ4n) is 4.67. The lowest BCUT2D eigenvalue weighted by molar-refractivity contribution is 0.114. The highest BCUT2D eigenvalue weighted by atomic mass is 16.5. The smallest absolute Gasteiger partial charge is 0.203 e. The second kappa shape index (κ2) is 6.53. The highest BCUT2D eigenvalue weighted by Crippen LogP contribution is 2.52. The average Bonchev–Trinajstić information content (AvgIpc) is 2.67. The third kappa shape index (κ3) is 2.58. The maximum atomic E-state index is 10.0. The third-order valence-corrected chi connectivity index (χ3v) is 5.92. The molecular formula is C21H25NO5. The van der Waals surface area contributed by atoms with Crippen LogP contribution in [0.25, 0.3) is 0 Å². The first-order valence-corrected chi connectivity index (χ1v) is 9.12. The van der Waals surface area contributed by atoms with Gasteiger partial charge in [0.05, 0.1) is 21.3 Å². The zero-order chi connectivity index (χ0) is 19.3. The fourth-order valence-corrected chi connectivity index (χ4v) is 4.67. The summed E-state index contributed by atoms with van der Waals surface area (Å²) in [4.78, 5) is 2.43. The Labute approximate surface area is 158 Å². The summed E-state index contributed by atoms with van der Waals surface area (Å²) in [6.07, 6.45) is 1.60. The molecule has 2 aliphatic heterocycles. The number of phenolic OH excluding ortho intramolecular Hbond substituents is 2. The maximum Gasteiger partial charge on any atom is 0.203 e. The van der Waals surface area contributed by atoms with Gasteiger partial charge in [0.25, 0.3) is 0 Å². The van der Waals surface area contributed by atoms with Crippen LogP contribution >= 0.6 is 0 Å². The van der Waals surface area contributed by atoms with Crippen LogP contribution in [0.5, 0.6) is 28.7 Å². The summed E-state index contributed by atoms with van der Waals surface area (Å²) in [7, 11) is 4.90. The molecule has 0 unspecified atom stereocenters. The second-order valence-corrected chi connectivity index (χ2v) is 7.14. The van der Waals surface area contributed by atoms with E-state index in [1.165, 1.54) is 0 Å². The molecule has 0 fully saturated rings. The monoisotopic (exact) mass is 371 g/mol. The van der Waals surface area contributed by atoms with Gasteiger partial charge in [-0.25, -0.2) is 0 Å². The molecule has 0 aliphatic carbocycles. The number of nitrogens with zero attached hydrogens (tertiary/aromatic N) is 1. The number of aromatic hydroxyl groups is 2. The molecule has 0 aromatic heterocycles. The van der Waals surface area contributed by atoms with E-state index in [0.29, 0.717) is 11.5 Å². The minimum absolute atomic E-state index is 0.0560. The summed E-state index contributed by atoms with van der Waals surface area (Å²) in [6, 6.07) is 5.68. The number of hydrogen-bond acceptors (Lipinski definition) is 6. The normalized spacial score (nSPS) is 21.0. The Morgan fingerprint density at radius 3 is 2.30 bits per heavy atom. The molecule has 2 atom stereocenters. The van der Waals surface area contributed by atoms with Gasteiger partial charge in [-0.3, -0.25) is 4.90 Å². The number of methoxy groups -OCH3 is 3. The van der Waals surface area contributed by atoms with E-state index in [0.717, 1.165) is 47.4 Å². The van der Waals surface area contributed by atoms with Gasteiger partial charge in [-0.1, -0.05) is 0 Å².